The molecule has 1 N–H and O–H groups in total. The summed E-state index contributed by atoms with van der Waals surface area (Å²) in [7, 11) is 3.28. The molecule has 19 heavy (non-hydrogen) atoms. The van der Waals surface area contributed by atoms with E-state index in [0.717, 1.165) is 17.7 Å². The first-order valence-electron chi connectivity index (χ1n) is 6.66. The molecule has 0 saturated carbocycles. The third-order valence-electron chi connectivity index (χ3n) is 3.95. The summed E-state index contributed by atoms with van der Waals surface area (Å²) in [4.78, 5) is 0. The van der Waals surface area contributed by atoms with Gasteiger partial charge in [-0.15, -0.1) is 0 Å². The van der Waals surface area contributed by atoms with Crippen molar-refractivity contribution in [2.45, 2.75) is 38.6 Å². The topological polar surface area (TPSA) is 41.9 Å². The number of hydrogen-bond acceptors (Lipinski definition) is 4. The lowest BCUT2D eigenvalue weighted by atomic mass is 9.76. The maximum atomic E-state index is 10.2. The Morgan fingerprint density at radius 1 is 1.26 bits per heavy atom. The molecule has 106 valence electrons. The quantitative estimate of drug-likeness (QED) is 0.911. The molecular formula is C15H23NO3. The molecule has 0 bridgehead atoms. The first-order chi connectivity index (χ1) is 8.94. The van der Waals surface area contributed by atoms with Crippen molar-refractivity contribution in [3.8, 4) is 11.5 Å². The molecule has 0 aliphatic carbocycles. The van der Waals surface area contributed by atoms with Crippen LogP contribution < -0.4 is 9.47 Å². The average molecular weight is 265 g/mol. The molecule has 0 spiro atoms. The molecule has 0 amide bonds. The summed E-state index contributed by atoms with van der Waals surface area (Å²) < 4.78 is 10.8. The van der Waals surface area contributed by atoms with Gasteiger partial charge in [0, 0.05) is 12.0 Å². The van der Waals surface area contributed by atoms with Crippen molar-refractivity contribution >= 4 is 0 Å². The highest BCUT2D eigenvalue weighted by atomic mass is 16.5. The van der Waals surface area contributed by atoms with Crippen LogP contribution in [0.25, 0.3) is 0 Å². The van der Waals surface area contributed by atoms with Crippen LogP contribution in [0.5, 0.6) is 11.5 Å². The van der Waals surface area contributed by atoms with E-state index in [2.05, 4.69) is 20.8 Å². The molecule has 2 rings (SSSR count). The van der Waals surface area contributed by atoms with Gasteiger partial charge in [-0.05, 0) is 29.7 Å². The van der Waals surface area contributed by atoms with Crippen molar-refractivity contribution in [3.63, 3.8) is 0 Å². The second-order valence-electron chi connectivity index (χ2n) is 5.70. The van der Waals surface area contributed by atoms with E-state index < -0.39 is 0 Å². The summed E-state index contributed by atoms with van der Waals surface area (Å²) in [6.07, 6.45) is 0.856. The average Bonchev–Trinajstić information content (AvgIpc) is 2.37. The highest BCUT2D eigenvalue weighted by Crippen LogP contribution is 2.44. The van der Waals surface area contributed by atoms with Gasteiger partial charge < -0.3 is 14.7 Å². The number of nitrogens with zero attached hydrogens (tertiary/aromatic N) is 1. The molecule has 1 aromatic carbocycles. The summed E-state index contributed by atoms with van der Waals surface area (Å²) in [5, 5.41) is 11.6. The van der Waals surface area contributed by atoms with Gasteiger partial charge in [0.25, 0.3) is 0 Å². The number of methoxy groups -OCH3 is 2. The fourth-order valence-electron chi connectivity index (χ4n) is 2.95. The van der Waals surface area contributed by atoms with Gasteiger partial charge in [0.05, 0.1) is 20.3 Å². The Morgan fingerprint density at radius 3 is 2.37 bits per heavy atom. The van der Waals surface area contributed by atoms with E-state index in [1.54, 1.807) is 14.2 Å². The molecule has 1 heterocycles. The van der Waals surface area contributed by atoms with E-state index >= 15 is 0 Å². The highest BCUT2D eigenvalue weighted by Gasteiger charge is 2.37. The number of hydroxylamine groups is 2. The molecule has 1 atom stereocenters. The van der Waals surface area contributed by atoms with Gasteiger partial charge in [-0.3, -0.25) is 0 Å². The molecule has 0 saturated heterocycles. The number of rotatable bonds is 3. The van der Waals surface area contributed by atoms with E-state index in [9.17, 15) is 5.21 Å². The summed E-state index contributed by atoms with van der Waals surface area (Å²) in [5.74, 6) is 1.46. The van der Waals surface area contributed by atoms with Crippen molar-refractivity contribution in [1.29, 1.82) is 0 Å². The Kier molecular flexibility index (Phi) is 3.74. The lowest BCUT2D eigenvalue weighted by molar-refractivity contribution is -0.148. The van der Waals surface area contributed by atoms with Crippen LogP contribution in [0.2, 0.25) is 0 Å². The summed E-state index contributed by atoms with van der Waals surface area (Å²) in [6.45, 7) is 6.96. The number of fused-ring (bicyclic) bond motifs is 1. The standard InChI is InChI=1S/C15H23NO3/c1-6-12-10-7-13(18-4)14(19-5)8-11(10)15(2,3)9-16(12)17/h7-8,12,17H,6,9H2,1-5H3/t12-/m0/s1. The predicted octanol–water partition coefficient (Wildman–Crippen LogP) is 3.14. The van der Waals surface area contributed by atoms with Gasteiger partial charge in [-0.1, -0.05) is 20.8 Å². The maximum Gasteiger partial charge on any atom is 0.161 e. The molecule has 0 unspecified atom stereocenters. The largest absolute Gasteiger partial charge is 0.493 e. The Balaban J connectivity index is 2.63. The minimum absolute atomic E-state index is 0.0165. The maximum absolute atomic E-state index is 10.2. The molecule has 1 aromatic rings. The molecule has 0 fully saturated rings. The Labute approximate surface area is 114 Å². The molecule has 1 aliphatic rings. The Bertz CT molecular complexity index is 471. The molecule has 1 aliphatic heterocycles. The Morgan fingerprint density at radius 2 is 1.84 bits per heavy atom. The molecule has 0 radical (unpaired) electrons. The van der Waals surface area contributed by atoms with Gasteiger partial charge in [0.1, 0.15) is 0 Å². The van der Waals surface area contributed by atoms with Crippen molar-refractivity contribution in [2.75, 3.05) is 20.8 Å². The van der Waals surface area contributed by atoms with Gasteiger partial charge in [0.15, 0.2) is 11.5 Å². The highest BCUT2D eigenvalue weighted by molar-refractivity contribution is 5.51. The van der Waals surface area contributed by atoms with Crippen LogP contribution in [-0.4, -0.2) is 31.0 Å². The van der Waals surface area contributed by atoms with Gasteiger partial charge >= 0.3 is 0 Å². The van der Waals surface area contributed by atoms with E-state index in [1.165, 1.54) is 10.6 Å². The minimum Gasteiger partial charge on any atom is -0.493 e. The first-order valence-corrected chi connectivity index (χ1v) is 6.66. The van der Waals surface area contributed by atoms with E-state index in [1.807, 2.05) is 12.1 Å². The fraction of sp³-hybridized carbons (Fsp3) is 0.600. The number of ether oxygens (including phenoxy) is 2. The van der Waals surface area contributed by atoms with Crippen LogP contribution in [0.3, 0.4) is 0 Å². The monoisotopic (exact) mass is 265 g/mol. The number of benzene rings is 1. The second kappa shape index (κ2) is 5.02. The van der Waals surface area contributed by atoms with Crippen molar-refractivity contribution in [1.82, 2.24) is 5.06 Å². The van der Waals surface area contributed by atoms with Gasteiger partial charge in [-0.25, -0.2) is 0 Å². The molecule has 0 aromatic heterocycles. The minimum atomic E-state index is -0.116. The van der Waals surface area contributed by atoms with Crippen LogP contribution in [0.4, 0.5) is 0 Å². The normalized spacial score (nSPS) is 21.9. The predicted molar refractivity (Wildman–Crippen MR) is 74.1 cm³/mol. The summed E-state index contributed by atoms with van der Waals surface area (Å²) >= 11 is 0. The van der Waals surface area contributed by atoms with Crippen LogP contribution in [-0.2, 0) is 5.41 Å². The van der Waals surface area contributed by atoms with Crippen LogP contribution in [0.15, 0.2) is 12.1 Å². The van der Waals surface area contributed by atoms with E-state index in [4.69, 9.17) is 9.47 Å². The van der Waals surface area contributed by atoms with Crippen molar-refractivity contribution in [2.24, 2.45) is 0 Å². The van der Waals surface area contributed by atoms with Gasteiger partial charge in [-0.2, -0.15) is 5.06 Å². The zero-order valence-electron chi connectivity index (χ0n) is 12.4. The van der Waals surface area contributed by atoms with Gasteiger partial charge in [0.2, 0.25) is 0 Å². The zero-order valence-corrected chi connectivity index (χ0v) is 12.4. The Hall–Kier alpha value is -1.26. The molecular weight excluding hydrogens is 242 g/mol. The van der Waals surface area contributed by atoms with Crippen LogP contribution in [0, 0.1) is 0 Å². The fourth-order valence-corrected chi connectivity index (χ4v) is 2.95. The van der Waals surface area contributed by atoms with Crippen molar-refractivity contribution in [3.05, 3.63) is 23.3 Å². The van der Waals surface area contributed by atoms with E-state index in [-0.39, 0.29) is 11.5 Å². The van der Waals surface area contributed by atoms with Crippen LogP contribution in [0.1, 0.15) is 44.4 Å². The third kappa shape index (κ3) is 2.30. The first kappa shape index (κ1) is 14.2. The lowest BCUT2D eigenvalue weighted by Gasteiger charge is -2.42. The lowest BCUT2D eigenvalue weighted by Crippen LogP contribution is -2.43. The SMILES string of the molecule is CC[C@H]1c2cc(OC)c(OC)cc2C(C)(C)CN1O. The van der Waals surface area contributed by atoms with E-state index in [0.29, 0.717) is 12.3 Å². The summed E-state index contributed by atoms with van der Waals surface area (Å²) in [6, 6.07) is 4.05. The van der Waals surface area contributed by atoms with Crippen molar-refractivity contribution < 1.29 is 14.7 Å². The number of hydrogen-bond donors (Lipinski definition) is 1. The second-order valence-corrected chi connectivity index (χ2v) is 5.70. The van der Waals surface area contributed by atoms with Crippen LogP contribution >= 0.6 is 0 Å². The summed E-state index contributed by atoms with van der Waals surface area (Å²) in [5.41, 5.74) is 2.23. The molecule has 4 heteroatoms. The smallest absolute Gasteiger partial charge is 0.161 e. The zero-order chi connectivity index (χ0) is 14.2. The third-order valence-corrected chi connectivity index (χ3v) is 3.95. The molecule has 4 nitrogen and oxygen atoms in total.